The molecule has 1 aliphatic carbocycles. The molecule has 2 atom stereocenters. The molecule has 1 saturated carbocycles. The van der Waals surface area contributed by atoms with Crippen molar-refractivity contribution < 1.29 is 28.7 Å². The van der Waals surface area contributed by atoms with Gasteiger partial charge in [-0.2, -0.15) is 0 Å². The minimum absolute atomic E-state index is 0.102. The number of ether oxygens (including phenoxy) is 2. The summed E-state index contributed by atoms with van der Waals surface area (Å²) in [6.45, 7) is 2.23. The van der Waals surface area contributed by atoms with Crippen molar-refractivity contribution in [1.29, 1.82) is 0 Å². The van der Waals surface area contributed by atoms with E-state index in [1.54, 1.807) is 0 Å². The Hall–Kier alpha value is -3.81. The fourth-order valence-corrected chi connectivity index (χ4v) is 4.11. The number of aryl methyl sites for hydroxylation is 1. The van der Waals surface area contributed by atoms with Crippen LogP contribution in [0.4, 0.5) is 4.79 Å². The lowest BCUT2D eigenvalue weighted by Gasteiger charge is -2.27. The molecule has 178 valence electrons. The average Bonchev–Trinajstić information content (AvgIpc) is 3.23. The number of aromatic nitrogens is 1. The standard InChI is InChI=1S/C26H28N2O6/c1-17-23(15-27-26(31)32-16-18-6-3-2-4-7-18)24(34-28-17)19-10-12-21(13-11-19)33-22-9-5-8-20(14-22)25(29)30/h2-4,6-7,10-13,20,22H,5,8-9,14-16H2,1H3,(H,27,31)(H,29,30)/t20-,22-/m0/s1. The first-order valence-corrected chi connectivity index (χ1v) is 11.4. The Morgan fingerprint density at radius 2 is 1.88 bits per heavy atom. The first-order valence-electron chi connectivity index (χ1n) is 11.4. The summed E-state index contributed by atoms with van der Waals surface area (Å²) in [4.78, 5) is 23.4. The van der Waals surface area contributed by atoms with Crippen molar-refractivity contribution in [2.45, 2.75) is 51.9 Å². The van der Waals surface area contributed by atoms with Crippen molar-refractivity contribution in [1.82, 2.24) is 10.5 Å². The third kappa shape index (κ3) is 5.95. The Morgan fingerprint density at radius 1 is 1.12 bits per heavy atom. The molecule has 1 aliphatic rings. The topological polar surface area (TPSA) is 111 Å². The lowest BCUT2D eigenvalue weighted by molar-refractivity contribution is -0.143. The zero-order valence-electron chi connectivity index (χ0n) is 19.0. The van der Waals surface area contributed by atoms with Gasteiger partial charge in [0.1, 0.15) is 12.4 Å². The Kier molecular flexibility index (Phi) is 7.47. The zero-order valence-corrected chi connectivity index (χ0v) is 19.0. The van der Waals surface area contributed by atoms with Crippen LogP contribution >= 0.6 is 0 Å². The SMILES string of the molecule is Cc1noc(-c2ccc(O[C@H]3CCC[C@H](C(=O)O)C3)cc2)c1CNC(=O)OCc1ccccc1. The van der Waals surface area contributed by atoms with Gasteiger partial charge in [0.25, 0.3) is 0 Å². The van der Waals surface area contributed by atoms with Crippen LogP contribution in [0.2, 0.25) is 0 Å². The molecule has 4 rings (SSSR count). The fourth-order valence-electron chi connectivity index (χ4n) is 4.11. The Labute approximate surface area is 197 Å². The van der Waals surface area contributed by atoms with Crippen LogP contribution in [0.5, 0.6) is 5.75 Å². The predicted molar refractivity (Wildman–Crippen MR) is 124 cm³/mol. The van der Waals surface area contributed by atoms with E-state index in [2.05, 4.69) is 10.5 Å². The molecule has 0 aliphatic heterocycles. The van der Waals surface area contributed by atoms with Crippen LogP contribution in [0.3, 0.4) is 0 Å². The van der Waals surface area contributed by atoms with Crippen molar-refractivity contribution in [2.75, 3.05) is 0 Å². The summed E-state index contributed by atoms with van der Waals surface area (Å²) >= 11 is 0. The molecule has 1 heterocycles. The smallest absolute Gasteiger partial charge is 0.407 e. The van der Waals surface area contributed by atoms with E-state index in [0.717, 1.165) is 29.5 Å². The van der Waals surface area contributed by atoms with Gasteiger partial charge in [-0.15, -0.1) is 0 Å². The monoisotopic (exact) mass is 464 g/mol. The second kappa shape index (κ2) is 10.9. The number of aliphatic carboxylic acids is 1. The van der Waals surface area contributed by atoms with Gasteiger partial charge in [-0.05, 0) is 62.4 Å². The average molecular weight is 465 g/mol. The summed E-state index contributed by atoms with van der Waals surface area (Å²) < 4.78 is 16.8. The van der Waals surface area contributed by atoms with Gasteiger partial charge in [0.05, 0.1) is 24.3 Å². The Balaban J connectivity index is 1.34. The van der Waals surface area contributed by atoms with Gasteiger partial charge in [-0.3, -0.25) is 4.79 Å². The number of benzene rings is 2. The van der Waals surface area contributed by atoms with Crippen LogP contribution < -0.4 is 10.1 Å². The van der Waals surface area contributed by atoms with E-state index in [9.17, 15) is 14.7 Å². The normalized spacial score (nSPS) is 17.7. The molecule has 8 nitrogen and oxygen atoms in total. The summed E-state index contributed by atoms with van der Waals surface area (Å²) in [5.74, 6) is 0.148. The van der Waals surface area contributed by atoms with Crippen LogP contribution in [0.15, 0.2) is 59.1 Å². The van der Waals surface area contributed by atoms with Gasteiger partial charge in [0.2, 0.25) is 0 Å². The summed E-state index contributed by atoms with van der Waals surface area (Å²) in [5, 5.41) is 16.1. The molecule has 0 unspecified atom stereocenters. The van der Waals surface area contributed by atoms with E-state index in [1.165, 1.54) is 0 Å². The molecular weight excluding hydrogens is 436 g/mol. The Bertz CT molecular complexity index is 1110. The maximum absolute atomic E-state index is 12.1. The molecule has 2 aromatic carbocycles. The van der Waals surface area contributed by atoms with Crippen molar-refractivity contribution in [3.8, 4) is 17.1 Å². The molecule has 1 aromatic heterocycles. The van der Waals surface area contributed by atoms with Crippen LogP contribution in [0.1, 0.15) is 42.5 Å². The van der Waals surface area contributed by atoms with Gasteiger partial charge >= 0.3 is 12.1 Å². The van der Waals surface area contributed by atoms with Gasteiger partial charge in [0.15, 0.2) is 5.76 Å². The number of hydrogen-bond donors (Lipinski definition) is 2. The molecule has 0 radical (unpaired) electrons. The van der Waals surface area contributed by atoms with E-state index >= 15 is 0 Å². The van der Waals surface area contributed by atoms with Crippen molar-refractivity contribution in [3.63, 3.8) is 0 Å². The van der Waals surface area contributed by atoms with E-state index in [-0.39, 0.29) is 25.2 Å². The number of alkyl carbamates (subject to hydrolysis) is 1. The van der Waals surface area contributed by atoms with Crippen LogP contribution in [0, 0.1) is 12.8 Å². The highest BCUT2D eigenvalue weighted by molar-refractivity contribution is 5.70. The Morgan fingerprint density at radius 3 is 2.62 bits per heavy atom. The maximum Gasteiger partial charge on any atom is 0.407 e. The van der Waals surface area contributed by atoms with Crippen molar-refractivity contribution in [3.05, 3.63) is 71.4 Å². The molecular formula is C26H28N2O6. The highest BCUT2D eigenvalue weighted by Gasteiger charge is 2.28. The van der Waals surface area contributed by atoms with Crippen molar-refractivity contribution in [2.24, 2.45) is 5.92 Å². The van der Waals surface area contributed by atoms with Gasteiger partial charge in [-0.25, -0.2) is 4.79 Å². The minimum Gasteiger partial charge on any atom is -0.490 e. The number of carboxylic acid groups (broad SMARTS) is 1. The number of carbonyl (C=O) groups is 2. The molecule has 1 amide bonds. The summed E-state index contributed by atoms with van der Waals surface area (Å²) in [7, 11) is 0. The summed E-state index contributed by atoms with van der Waals surface area (Å²) in [6.07, 6.45) is 2.30. The lowest BCUT2D eigenvalue weighted by Crippen LogP contribution is -2.29. The molecule has 3 aromatic rings. The first kappa shape index (κ1) is 23.4. The van der Waals surface area contributed by atoms with Crippen molar-refractivity contribution >= 4 is 12.1 Å². The van der Waals surface area contributed by atoms with Crippen LogP contribution in [-0.2, 0) is 22.7 Å². The quantitative estimate of drug-likeness (QED) is 0.477. The summed E-state index contributed by atoms with van der Waals surface area (Å²) in [5.41, 5.74) is 3.16. The molecule has 1 fully saturated rings. The molecule has 2 N–H and O–H groups in total. The first-order chi connectivity index (χ1) is 16.5. The van der Waals surface area contributed by atoms with Crippen LogP contribution in [-0.4, -0.2) is 28.4 Å². The lowest BCUT2D eigenvalue weighted by atomic mass is 9.87. The number of nitrogens with one attached hydrogen (secondary N) is 1. The fraction of sp³-hybridized carbons (Fsp3) is 0.346. The number of carboxylic acids is 1. The maximum atomic E-state index is 12.1. The molecule has 34 heavy (non-hydrogen) atoms. The number of rotatable bonds is 8. The second-order valence-electron chi connectivity index (χ2n) is 8.46. The van der Waals surface area contributed by atoms with Gasteiger partial charge < -0.3 is 24.4 Å². The van der Waals surface area contributed by atoms with Gasteiger partial charge in [-0.1, -0.05) is 35.5 Å². The van der Waals surface area contributed by atoms with E-state index in [0.29, 0.717) is 30.0 Å². The number of nitrogens with zero attached hydrogens (tertiary/aromatic N) is 1. The summed E-state index contributed by atoms with van der Waals surface area (Å²) in [6, 6.07) is 16.9. The van der Waals surface area contributed by atoms with E-state index in [1.807, 2.05) is 61.5 Å². The number of hydrogen-bond acceptors (Lipinski definition) is 6. The van der Waals surface area contributed by atoms with E-state index < -0.39 is 12.1 Å². The number of amides is 1. The third-order valence-electron chi connectivity index (χ3n) is 6.00. The second-order valence-corrected chi connectivity index (χ2v) is 8.46. The molecule has 8 heteroatoms. The molecule has 0 spiro atoms. The van der Waals surface area contributed by atoms with E-state index in [4.69, 9.17) is 14.0 Å². The minimum atomic E-state index is -0.755. The predicted octanol–water partition coefficient (Wildman–Crippen LogP) is 5.10. The molecule has 0 bridgehead atoms. The van der Waals surface area contributed by atoms with Crippen LogP contribution in [0.25, 0.3) is 11.3 Å². The largest absolute Gasteiger partial charge is 0.490 e. The molecule has 0 saturated heterocycles. The third-order valence-corrected chi connectivity index (χ3v) is 6.00. The van der Waals surface area contributed by atoms with Gasteiger partial charge in [0, 0.05) is 11.1 Å². The highest BCUT2D eigenvalue weighted by Crippen LogP contribution is 2.31. The zero-order chi connectivity index (χ0) is 23.9. The number of carbonyl (C=O) groups excluding carboxylic acids is 1. The highest BCUT2D eigenvalue weighted by atomic mass is 16.5.